The molecule has 0 rings (SSSR count). The smallest absolute Gasteiger partial charge is 0.326 e. The number of carbonyl (C=O) groups excluding carboxylic acids is 3. The third-order valence-electron chi connectivity index (χ3n) is 3.43. The fourth-order valence-corrected chi connectivity index (χ4v) is 1.82. The summed E-state index contributed by atoms with van der Waals surface area (Å²) in [5.74, 6) is -5.97. The molecule has 0 saturated heterocycles. The van der Waals surface area contributed by atoms with Gasteiger partial charge < -0.3 is 47.2 Å². The number of carboxylic acid groups (broad SMARTS) is 2. The van der Waals surface area contributed by atoms with Gasteiger partial charge in [-0.15, -0.1) is 0 Å². The van der Waals surface area contributed by atoms with Gasteiger partial charge in [0.1, 0.15) is 24.2 Å². The van der Waals surface area contributed by atoms with Crippen LogP contribution in [-0.2, 0) is 24.0 Å². The van der Waals surface area contributed by atoms with E-state index in [-0.39, 0.29) is 0 Å². The summed E-state index contributed by atoms with van der Waals surface area (Å²) in [6.45, 7) is -2.57. The van der Waals surface area contributed by atoms with Crippen LogP contribution in [0.25, 0.3) is 0 Å². The molecular formula is C14H24N4O10. The summed E-state index contributed by atoms with van der Waals surface area (Å²) in [4.78, 5) is 57.3. The molecule has 0 aliphatic heterocycles. The molecule has 28 heavy (non-hydrogen) atoms. The average molecular weight is 408 g/mol. The predicted molar refractivity (Wildman–Crippen MR) is 89.5 cm³/mol. The molecule has 0 saturated carbocycles. The lowest BCUT2D eigenvalue weighted by Gasteiger charge is -2.23. The number of aliphatic hydroxyl groups is 3. The van der Waals surface area contributed by atoms with E-state index in [2.05, 4.69) is 0 Å². The van der Waals surface area contributed by atoms with Gasteiger partial charge in [0, 0.05) is 6.42 Å². The highest BCUT2D eigenvalue weighted by molar-refractivity contribution is 5.94. The molecule has 0 spiro atoms. The molecule has 0 bridgehead atoms. The molecular weight excluding hydrogens is 384 g/mol. The third-order valence-corrected chi connectivity index (χ3v) is 3.43. The number of hydrogen-bond donors (Lipinski definition) is 9. The Morgan fingerprint density at radius 3 is 1.50 bits per heavy atom. The maximum absolute atomic E-state index is 12.1. The summed E-state index contributed by atoms with van der Waals surface area (Å²) < 4.78 is 0. The highest BCUT2D eigenvalue weighted by atomic mass is 16.4. The van der Waals surface area contributed by atoms with Gasteiger partial charge in [-0.1, -0.05) is 0 Å². The Morgan fingerprint density at radius 2 is 1.14 bits per heavy atom. The van der Waals surface area contributed by atoms with Gasteiger partial charge in [0.2, 0.25) is 17.7 Å². The van der Waals surface area contributed by atoms with Gasteiger partial charge in [-0.3, -0.25) is 19.2 Å². The number of aliphatic hydroxyl groups excluding tert-OH is 3. The zero-order valence-electron chi connectivity index (χ0n) is 14.7. The molecule has 0 radical (unpaired) electrons. The fraction of sp³-hybridized carbons (Fsp3) is 0.643. The minimum Gasteiger partial charge on any atom is -0.481 e. The predicted octanol–water partition coefficient (Wildman–Crippen LogP) is -5.31. The Labute approximate surface area is 158 Å². The molecule has 160 valence electrons. The number of amides is 3. The van der Waals surface area contributed by atoms with Crippen LogP contribution in [0.1, 0.15) is 12.8 Å². The van der Waals surface area contributed by atoms with Crippen LogP contribution in [0.3, 0.4) is 0 Å². The average Bonchev–Trinajstić information content (AvgIpc) is 2.65. The van der Waals surface area contributed by atoms with E-state index in [0.717, 1.165) is 0 Å². The molecule has 14 heteroatoms. The van der Waals surface area contributed by atoms with Crippen molar-refractivity contribution in [1.29, 1.82) is 0 Å². The minimum absolute atomic E-state index is 0.434. The van der Waals surface area contributed by atoms with Crippen LogP contribution in [0.5, 0.6) is 0 Å². The SMILES string of the molecule is N[C@@H](CO)C(=O)N[C@@H](CO)C(=O)N[C@@H](CO)C(=O)N[C@@H](CCC(=O)O)C(=O)O. The first-order valence-electron chi connectivity index (χ1n) is 8.01. The topological polar surface area (TPSA) is 249 Å². The summed E-state index contributed by atoms with van der Waals surface area (Å²) in [5.41, 5.74) is 5.25. The Balaban J connectivity index is 4.96. The van der Waals surface area contributed by atoms with Gasteiger partial charge in [0.25, 0.3) is 0 Å². The standard InChI is InChI=1S/C14H24N4O10/c15-6(3-19)11(24)17-8(4-20)13(26)18-9(5-21)12(25)16-7(14(27)28)1-2-10(22)23/h6-9,19-21H,1-5,15H2,(H,16,25)(H,17,24)(H,18,26)(H,22,23)(H,27,28)/t6-,7-,8-,9-/m0/s1. The lowest BCUT2D eigenvalue weighted by Crippen LogP contribution is -2.59. The van der Waals surface area contributed by atoms with Crippen LogP contribution in [-0.4, -0.2) is 99.2 Å². The monoisotopic (exact) mass is 408 g/mol. The molecule has 0 unspecified atom stereocenters. The van der Waals surface area contributed by atoms with E-state index in [1.807, 2.05) is 16.0 Å². The van der Waals surface area contributed by atoms with Crippen molar-refractivity contribution in [3.05, 3.63) is 0 Å². The molecule has 0 fully saturated rings. The van der Waals surface area contributed by atoms with Crippen LogP contribution in [0.15, 0.2) is 0 Å². The van der Waals surface area contributed by atoms with Crippen molar-refractivity contribution in [2.24, 2.45) is 5.73 Å². The number of nitrogens with one attached hydrogen (secondary N) is 3. The fourth-order valence-electron chi connectivity index (χ4n) is 1.82. The molecule has 0 aliphatic carbocycles. The molecule has 0 heterocycles. The molecule has 14 nitrogen and oxygen atoms in total. The maximum atomic E-state index is 12.1. The van der Waals surface area contributed by atoms with Crippen molar-refractivity contribution in [3.8, 4) is 0 Å². The molecule has 0 aliphatic rings. The maximum Gasteiger partial charge on any atom is 0.326 e. The van der Waals surface area contributed by atoms with E-state index >= 15 is 0 Å². The number of carbonyl (C=O) groups is 5. The van der Waals surface area contributed by atoms with Gasteiger partial charge in [-0.05, 0) is 6.42 Å². The van der Waals surface area contributed by atoms with Crippen LogP contribution in [0, 0.1) is 0 Å². The lowest BCUT2D eigenvalue weighted by molar-refractivity contribution is -0.143. The summed E-state index contributed by atoms with van der Waals surface area (Å²) in [5, 5.41) is 50.8. The van der Waals surface area contributed by atoms with Crippen LogP contribution in [0.4, 0.5) is 0 Å². The van der Waals surface area contributed by atoms with E-state index in [1.54, 1.807) is 0 Å². The van der Waals surface area contributed by atoms with E-state index in [9.17, 15) is 34.2 Å². The van der Waals surface area contributed by atoms with Crippen molar-refractivity contribution < 1.29 is 49.5 Å². The second kappa shape index (κ2) is 12.6. The Kier molecular flexibility index (Phi) is 11.3. The van der Waals surface area contributed by atoms with Gasteiger partial charge in [-0.25, -0.2) is 4.79 Å². The summed E-state index contributed by atoms with van der Waals surface area (Å²) >= 11 is 0. The van der Waals surface area contributed by atoms with Gasteiger partial charge in [0.15, 0.2) is 0 Å². The van der Waals surface area contributed by atoms with E-state index in [4.69, 9.17) is 21.1 Å². The molecule has 10 N–H and O–H groups in total. The number of nitrogens with two attached hydrogens (primary N) is 1. The summed E-state index contributed by atoms with van der Waals surface area (Å²) in [6, 6.07) is -6.14. The quantitative estimate of drug-likeness (QED) is 0.139. The zero-order valence-corrected chi connectivity index (χ0v) is 14.7. The van der Waals surface area contributed by atoms with E-state index < -0.39 is 86.5 Å². The highest BCUT2D eigenvalue weighted by Crippen LogP contribution is 2.00. The molecule has 0 aromatic rings. The van der Waals surface area contributed by atoms with Crippen molar-refractivity contribution in [1.82, 2.24) is 16.0 Å². The van der Waals surface area contributed by atoms with Gasteiger partial charge >= 0.3 is 11.9 Å². The molecule has 0 aromatic carbocycles. The van der Waals surface area contributed by atoms with Crippen LogP contribution >= 0.6 is 0 Å². The third kappa shape index (κ3) is 8.72. The van der Waals surface area contributed by atoms with Crippen molar-refractivity contribution in [3.63, 3.8) is 0 Å². The first kappa shape index (κ1) is 25.2. The Morgan fingerprint density at radius 1 is 0.714 bits per heavy atom. The lowest BCUT2D eigenvalue weighted by atomic mass is 10.1. The summed E-state index contributed by atoms with van der Waals surface area (Å²) in [6.07, 6.45) is -0.978. The second-order valence-electron chi connectivity index (χ2n) is 5.61. The summed E-state index contributed by atoms with van der Waals surface area (Å²) in [7, 11) is 0. The second-order valence-corrected chi connectivity index (χ2v) is 5.61. The number of rotatable bonds is 13. The minimum atomic E-state index is -1.64. The van der Waals surface area contributed by atoms with Gasteiger partial charge in [-0.2, -0.15) is 0 Å². The largest absolute Gasteiger partial charge is 0.481 e. The first-order valence-corrected chi connectivity index (χ1v) is 8.01. The van der Waals surface area contributed by atoms with Crippen molar-refractivity contribution in [2.75, 3.05) is 19.8 Å². The van der Waals surface area contributed by atoms with Crippen LogP contribution in [0.2, 0.25) is 0 Å². The van der Waals surface area contributed by atoms with Gasteiger partial charge in [0.05, 0.1) is 19.8 Å². The van der Waals surface area contributed by atoms with E-state index in [0.29, 0.717) is 0 Å². The number of carboxylic acids is 2. The molecule has 3 amide bonds. The zero-order chi connectivity index (χ0) is 21.9. The molecule has 0 aromatic heterocycles. The number of hydrogen-bond acceptors (Lipinski definition) is 9. The normalized spacial score (nSPS) is 14.9. The Hall–Kier alpha value is -2.81. The van der Waals surface area contributed by atoms with Crippen molar-refractivity contribution >= 4 is 29.7 Å². The van der Waals surface area contributed by atoms with E-state index in [1.165, 1.54) is 0 Å². The first-order chi connectivity index (χ1) is 13.1. The Bertz CT molecular complexity index is 584. The molecule has 4 atom stereocenters. The number of aliphatic carboxylic acids is 2. The van der Waals surface area contributed by atoms with Crippen LogP contribution < -0.4 is 21.7 Å². The highest BCUT2D eigenvalue weighted by Gasteiger charge is 2.29. The van der Waals surface area contributed by atoms with Crippen molar-refractivity contribution in [2.45, 2.75) is 37.0 Å².